The van der Waals surface area contributed by atoms with Gasteiger partial charge in [0, 0.05) is 99.0 Å². The maximum atomic E-state index is 13.2. The number of carbonyl (C=O) groups excluding carboxylic acids is 1. The molecule has 38 heavy (non-hydrogen) atoms. The Kier molecular flexibility index (Phi) is 7.76. The number of allylic oxidation sites excluding steroid dienone is 1. The molecular weight excluding hydrogens is 478 g/mol. The smallest absolute Gasteiger partial charge is 0.249 e. The lowest BCUT2D eigenvalue weighted by Crippen LogP contribution is -2.47. The molecule has 9 heteroatoms. The first-order chi connectivity index (χ1) is 18.6. The molecular formula is C29H37N7O2. The molecule has 1 amide bonds. The van der Waals surface area contributed by atoms with Crippen molar-refractivity contribution in [3.8, 4) is 0 Å². The number of carbonyl (C=O) groups is 1. The highest BCUT2D eigenvalue weighted by Gasteiger charge is 2.40. The molecule has 2 aromatic rings. The Morgan fingerprint density at radius 1 is 1.21 bits per heavy atom. The van der Waals surface area contributed by atoms with Crippen LogP contribution in [0.25, 0.3) is 0 Å². The van der Waals surface area contributed by atoms with Crippen LogP contribution < -0.4 is 20.9 Å². The first-order valence-corrected chi connectivity index (χ1v) is 13.3. The van der Waals surface area contributed by atoms with Crippen LogP contribution in [0.5, 0.6) is 0 Å². The zero-order valence-electron chi connectivity index (χ0n) is 22.4. The Hall–Kier alpha value is -3.69. The van der Waals surface area contributed by atoms with Gasteiger partial charge >= 0.3 is 0 Å². The van der Waals surface area contributed by atoms with E-state index in [2.05, 4.69) is 43.9 Å². The van der Waals surface area contributed by atoms with E-state index in [1.54, 1.807) is 7.11 Å². The van der Waals surface area contributed by atoms with Gasteiger partial charge in [0.1, 0.15) is 6.04 Å². The summed E-state index contributed by atoms with van der Waals surface area (Å²) >= 11 is 0. The molecule has 2 unspecified atom stereocenters. The molecule has 5 rings (SSSR count). The molecule has 200 valence electrons. The number of ether oxygens (including phenoxy) is 1. The number of nitrogens with one attached hydrogen (secondary N) is 4. The third-order valence-electron chi connectivity index (χ3n) is 7.61. The van der Waals surface area contributed by atoms with Gasteiger partial charge in [0.25, 0.3) is 0 Å². The fraction of sp³-hybridized carbons (Fsp3) is 0.414. The van der Waals surface area contributed by atoms with E-state index in [1.165, 1.54) is 11.9 Å². The lowest BCUT2D eigenvalue weighted by Gasteiger charge is -2.36. The zero-order chi connectivity index (χ0) is 26.6. The molecule has 1 fully saturated rings. The number of nitrogens with zero attached hydrogens (tertiary/aromatic N) is 3. The second-order valence-corrected chi connectivity index (χ2v) is 9.83. The maximum absolute atomic E-state index is 13.2. The second kappa shape index (κ2) is 11.4. The highest BCUT2D eigenvalue weighted by molar-refractivity contribution is 6.15. The molecule has 0 aliphatic carbocycles. The average molecular weight is 516 g/mol. The van der Waals surface area contributed by atoms with E-state index in [0.29, 0.717) is 12.1 Å². The lowest BCUT2D eigenvalue weighted by molar-refractivity contribution is -0.117. The number of piperazine rings is 1. The summed E-state index contributed by atoms with van der Waals surface area (Å²) in [7, 11) is 3.59. The van der Waals surface area contributed by atoms with Gasteiger partial charge in [-0.15, -0.1) is 0 Å². The number of methoxy groups -OCH3 is 1. The topological polar surface area (TPSA) is 105 Å². The molecule has 9 nitrogen and oxygen atoms in total. The second-order valence-electron chi connectivity index (χ2n) is 9.83. The molecule has 0 aromatic heterocycles. The fourth-order valence-corrected chi connectivity index (χ4v) is 5.51. The van der Waals surface area contributed by atoms with E-state index in [4.69, 9.17) is 15.1 Å². The summed E-state index contributed by atoms with van der Waals surface area (Å²) in [4.78, 5) is 23.2. The number of rotatable bonds is 9. The van der Waals surface area contributed by atoms with Crippen molar-refractivity contribution >= 4 is 34.9 Å². The molecule has 2 atom stereocenters. The number of hydrogen-bond acceptors (Lipinski definition) is 8. The van der Waals surface area contributed by atoms with Gasteiger partial charge in [0.15, 0.2) is 0 Å². The molecule has 3 aliphatic rings. The summed E-state index contributed by atoms with van der Waals surface area (Å²) in [6, 6.07) is 12.0. The van der Waals surface area contributed by atoms with Crippen molar-refractivity contribution in [3.63, 3.8) is 0 Å². The van der Waals surface area contributed by atoms with Crippen molar-refractivity contribution in [2.75, 3.05) is 75.6 Å². The Labute approximate surface area is 224 Å². The van der Waals surface area contributed by atoms with Crippen molar-refractivity contribution in [1.82, 2.24) is 10.2 Å². The van der Waals surface area contributed by atoms with Crippen LogP contribution in [-0.4, -0.2) is 88.8 Å². The molecule has 0 saturated carbocycles. The predicted octanol–water partition coefficient (Wildman–Crippen LogP) is 2.89. The number of amides is 1. The summed E-state index contributed by atoms with van der Waals surface area (Å²) < 4.78 is 5.23. The minimum absolute atomic E-state index is 0.0817. The van der Waals surface area contributed by atoms with Gasteiger partial charge < -0.3 is 31.0 Å². The minimum atomic E-state index is -0.222. The molecule has 0 radical (unpaired) electrons. The number of anilines is 3. The van der Waals surface area contributed by atoms with E-state index in [1.807, 2.05) is 38.2 Å². The van der Waals surface area contributed by atoms with Crippen LogP contribution in [-0.2, 0) is 9.53 Å². The maximum Gasteiger partial charge on any atom is 0.249 e. The van der Waals surface area contributed by atoms with E-state index < -0.39 is 0 Å². The highest BCUT2D eigenvalue weighted by atomic mass is 16.5. The van der Waals surface area contributed by atoms with Crippen molar-refractivity contribution < 1.29 is 9.53 Å². The fourth-order valence-electron chi connectivity index (χ4n) is 5.51. The molecule has 3 heterocycles. The zero-order valence-corrected chi connectivity index (χ0v) is 22.4. The first kappa shape index (κ1) is 25.9. The summed E-state index contributed by atoms with van der Waals surface area (Å²) in [5, 5.41) is 17.5. The Morgan fingerprint density at radius 2 is 2.03 bits per heavy atom. The van der Waals surface area contributed by atoms with Gasteiger partial charge in [0.05, 0.1) is 18.4 Å². The largest absolute Gasteiger partial charge is 0.388 e. The quantitative estimate of drug-likeness (QED) is 0.383. The van der Waals surface area contributed by atoms with Gasteiger partial charge in [0.2, 0.25) is 5.91 Å². The molecule has 3 aliphatic heterocycles. The molecule has 1 saturated heterocycles. The summed E-state index contributed by atoms with van der Waals surface area (Å²) in [6.45, 7) is 8.19. The third-order valence-corrected chi connectivity index (χ3v) is 7.61. The number of dihydropyridines is 1. The summed E-state index contributed by atoms with van der Waals surface area (Å²) in [6.07, 6.45) is 3.23. The summed E-state index contributed by atoms with van der Waals surface area (Å²) in [5.74, 6) is -0.0817. The molecule has 0 spiro atoms. The van der Waals surface area contributed by atoms with Crippen molar-refractivity contribution in [2.24, 2.45) is 4.99 Å². The van der Waals surface area contributed by atoms with Crippen molar-refractivity contribution in [2.45, 2.75) is 19.0 Å². The first-order valence-electron chi connectivity index (χ1n) is 13.3. The van der Waals surface area contributed by atoms with Gasteiger partial charge in [-0.3, -0.25) is 14.7 Å². The van der Waals surface area contributed by atoms with E-state index >= 15 is 0 Å². The van der Waals surface area contributed by atoms with Crippen LogP contribution >= 0.6 is 0 Å². The third kappa shape index (κ3) is 5.04. The Balaban J connectivity index is 1.44. The number of benzene rings is 2. The van der Waals surface area contributed by atoms with Crippen LogP contribution in [0.1, 0.15) is 29.7 Å². The van der Waals surface area contributed by atoms with Crippen molar-refractivity contribution in [3.05, 3.63) is 64.7 Å². The minimum Gasteiger partial charge on any atom is -0.388 e. The normalized spacial score (nSPS) is 20.6. The predicted molar refractivity (Wildman–Crippen MR) is 154 cm³/mol. The lowest BCUT2D eigenvalue weighted by atomic mass is 9.90. The molecule has 2 aromatic carbocycles. The van der Waals surface area contributed by atoms with Gasteiger partial charge in [-0.2, -0.15) is 0 Å². The average Bonchev–Trinajstić information content (AvgIpc) is 3.33. The van der Waals surface area contributed by atoms with Crippen LogP contribution in [0.15, 0.2) is 53.0 Å². The number of likely N-dealkylation sites (N-methyl/N-ethyl adjacent to an activating group) is 1. The van der Waals surface area contributed by atoms with E-state index in [9.17, 15) is 4.79 Å². The van der Waals surface area contributed by atoms with Crippen LogP contribution in [0.4, 0.5) is 17.1 Å². The monoisotopic (exact) mass is 515 g/mol. The van der Waals surface area contributed by atoms with Crippen molar-refractivity contribution in [1.29, 1.82) is 5.41 Å². The van der Waals surface area contributed by atoms with Crippen LogP contribution in [0.3, 0.4) is 0 Å². The van der Waals surface area contributed by atoms with E-state index in [-0.39, 0.29) is 18.0 Å². The van der Waals surface area contributed by atoms with Gasteiger partial charge in [-0.25, -0.2) is 0 Å². The number of fused-ring (bicyclic) bond motifs is 3. The Morgan fingerprint density at radius 3 is 2.74 bits per heavy atom. The molecule has 0 bridgehead atoms. The summed E-state index contributed by atoms with van der Waals surface area (Å²) in [5.41, 5.74) is 7.30. The number of hydrogen-bond donors (Lipinski definition) is 4. The number of aliphatic imine (C=N–C) groups is 1. The molecule has 4 N–H and O–H groups in total. The van der Waals surface area contributed by atoms with E-state index in [0.717, 1.165) is 73.1 Å². The van der Waals surface area contributed by atoms with Crippen LogP contribution in [0, 0.1) is 5.41 Å². The SMILES string of the molecule is CCNC(=O)C1=CC(c2ccc(NC)c(C=N)c2)=NC2c3ccc(N4CCN(CCOC)CC4)cc3NC12. The van der Waals surface area contributed by atoms with Gasteiger partial charge in [-0.05, 0) is 37.3 Å². The standard InChI is InChI=1S/C29H37N7O2/c1-4-32-29(37)23-17-25(19-5-8-24(31-2)20(15-19)18-30)33-27-22-7-6-21(16-26(22)34-28(23)27)36-11-9-35(10-12-36)13-14-38-3/h5-8,15-18,27-28,30-31,34H,4,9-14H2,1-3H3,(H,32,37). The van der Waals surface area contributed by atoms with Crippen LogP contribution in [0.2, 0.25) is 0 Å². The van der Waals surface area contributed by atoms with Gasteiger partial charge in [-0.1, -0.05) is 12.1 Å². The highest BCUT2D eigenvalue weighted by Crippen LogP contribution is 2.44. The Bertz CT molecular complexity index is 1260.